The Hall–Kier alpha value is -4.45. The molecule has 0 saturated carbocycles. The number of anilines is 1. The lowest BCUT2D eigenvalue weighted by molar-refractivity contribution is -0.140. The molecule has 0 fully saturated rings. The summed E-state index contributed by atoms with van der Waals surface area (Å²) in [6.07, 6.45) is 0.176. The second-order valence-electron chi connectivity index (χ2n) is 10.6. The molecule has 0 aromatic heterocycles. The average molecular weight is 715 g/mol. The van der Waals surface area contributed by atoms with Gasteiger partial charge in [0.15, 0.2) is 11.5 Å². The number of hydrogen-bond acceptors (Lipinski definition) is 7. The second kappa shape index (κ2) is 16.6. The van der Waals surface area contributed by atoms with Crippen molar-refractivity contribution < 1.29 is 32.2 Å². The zero-order valence-corrected chi connectivity index (χ0v) is 29.3. The van der Waals surface area contributed by atoms with Crippen LogP contribution in [0.4, 0.5) is 5.69 Å². The standard InChI is InChI=1S/C35H37Cl2N3O7S/c1-5-38-35(42)30(19-24-9-7-6-8-10-24)39(22-25-11-13-26(36)14-12-25)34(41)23-40(29-20-27(37)15-17-31(29)45-2)48(43,44)28-16-18-32(46-3)33(21-28)47-4/h6-18,20-21,30H,5,19,22-23H2,1-4H3,(H,38,42)/t30-/m1/s1. The van der Waals surface area contributed by atoms with E-state index in [0.29, 0.717) is 22.9 Å². The number of sulfonamides is 1. The van der Waals surface area contributed by atoms with Crippen molar-refractivity contribution in [1.29, 1.82) is 0 Å². The quantitative estimate of drug-likeness (QED) is 0.161. The lowest BCUT2D eigenvalue weighted by atomic mass is 10.0. The summed E-state index contributed by atoms with van der Waals surface area (Å²) in [4.78, 5) is 29.5. The van der Waals surface area contributed by atoms with Crippen LogP contribution in [0.5, 0.6) is 17.2 Å². The first-order valence-corrected chi connectivity index (χ1v) is 17.2. The van der Waals surface area contributed by atoms with Crippen LogP contribution in [0.2, 0.25) is 10.0 Å². The van der Waals surface area contributed by atoms with E-state index in [9.17, 15) is 18.0 Å². The van der Waals surface area contributed by atoms with Crippen molar-refractivity contribution in [2.75, 3.05) is 38.7 Å². The Balaban J connectivity index is 1.87. The van der Waals surface area contributed by atoms with Gasteiger partial charge in [0, 0.05) is 35.6 Å². The topological polar surface area (TPSA) is 114 Å². The van der Waals surface area contributed by atoms with E-state index in [1.807, 2.05) is 30.3 Å². The lowest BCUT2D eigenvalue weighted by Crippen LogP contribution is -2.53. The van der Waals surface area contributed by atoms with Gasteiger partial charge in [0.2, 0.25) is 11.8 Å². The van der Waals surface area contributed by atoms with E-state index >= 15 is 0 Å². The maximum Gasteiger partial charge on any atom is 0.265 e. The van der Waals surface area contributed by atoms with E-state index in [-0.39, 0.29) is 40.1 Å². The Kier molecular flexibility index (Phi) is 12.6. The third kappa shape index (κ3) is 8.71. The highest BCUT2D eigenvalue weighted by Crippen LogP contribution is 2.37. The molecule has 1 atom stereocenters. The summed E-state index contributed by atoms with van der Waals surface area (Å²) in [6.45, 7) is 1.39. The summed E-state index contributed by atoms with van der Waals surface area (Å²) in [6, 6.07) is 23.7. The van der Waals surface area contributed by atoms with Gasteiger partial charge in [0.05, 0.1) is 31.9 Å². The number of methoxy groups -OCH3 is 3. The molecule has 0 radical (unpaired) electrons. The van der Waals surface area contributed by atoms with Crippen LogP contribution in [0, 0.1) is 0 Å². The number of ether oxygens (including phenoxy) is 3. The van der Waals surface area contributed by atoms with Gasteiger partial charge in [-0.2, -0.15) is 0 Å². The van der Waals surface area contributed by atoms with E-state index in [2.05, 4.69) is 5.32 Å². The molecule has 4 aromatic carbocycles. The number of carbonyl (C=O) groups is 2. The summed E-state index contributed by atoms with van der Waals surface area (Å²) < 4.78 is 46.1. The molecule has 0 aliphatic heterocycles. The van der Waals surface area contributed by atoms with Gasteiger partial charge in [0.1, 0.15) is 18.3 Å². The minimum absolute atomic E-state index is 0.0123. The molecular formula is C35H37Cl2N3O7S. The number of likely N-dealkylation sites (N-methyl/N-ethyl adjacent to an activating group) is 1. The van der Waals surface area contributed by atoms with Gasteiger partial charge in [-0.25, -0.2) is 8.42 Å². The maximum atomic E-state index is 14.6. The molecule has 48 heavy (non-hydrogen) atoms. The summed E-state index contributed by atoms with van der Waals surface area (Å²) in [7, 11) is -0.286. The molecule has 1 N–H and O–H groups in total. The van der Waals surface area contributed by atoms with Crippen molar-refractivity contribution in [2.45, 2.75) is 30.8 Å². The molecule has 4 aromatic rings. The Bertz CT molecular complexity index is 1820. The molecule has 0 heterocycles. The van der Waals surface area contributed by atoms with Crippen LogP contribution in [0.1, 0.15) is 18.1 Å². The van der Waals surface area contributed by atoms with Gasteiger partial charge >= 0.3 is 0 Å². The fourth-order valence-corrected chi connectivity index (χ4v) is 6.83. The molecule has 0 spiro atoms. The Morgan fingerprint density at radius 3 is 2.02 bits per heavy atom. The molecule has 0 bridgehead atoms. The zero-order valence-electron chi connectivity index (χ0n) is 27.0. The summed E-state index contributed by atoms with van der Waals surface area (Å²) in [5, 5.41) is 3.55. The normalized spacial score (nSPS) is 11.7. The van der Waals surface area contributed by atoms with Gasteiger partial charge in [-0.1, -0.05) is 65.7 Å². The van der Waals surface area contributed by atoms with E-state index in [4.69, 9.17) is 37.4 Å². The van der Waals surface area contributed by atoms with Crippen molar-refractivity contribution in [3.05, 3.63) is 112 Å². The number of halogens is 2. The lowest BCUT2D eigenvalue weighted by Gasteiger charge is -2.34. The summed E-state index contributed by atoms with van der Waals surface area (Å²) in [5.74, 6) is -0.391. The van der Waals surface area contributed by atoms with Crippen LogP contribution in [-0.4, -0.2) is 65.6 Å². The van der Waals surface area contributed by atoms with E-state index in [1.165, 1.54) is 56.6 Å². The highest BCUT2D eigenvalue weighted by atomic mass is 35.5. The molecule has 0 saturated heterocycles. The predicted molar refractivity (Wildman–Crippen MR) is 187 cm³/mol. The number of nitrogens with zero attached hydrogens (tertiary/aromatic N) is 2. The second-order valence-corrected chi connectivity index (χ2v) is 13.3. The van der Waals surface area contributed by atoms with Crippen molar-refractivity contribution in [1.82, 2.24) is 10.2 Å². The summed E-state index contributed by atoms with van der Waals surface area (Å²) >= 11 is 12.5. The first-order chi connectivity index (χ1) is 23.0. The van der Waals surface area contributed by atoms with Crippen LogP contribution < -0.4 is 23.8 Å². The average Bonchev–Trinajstić information content (AvgIpc) is 3.09. The van der Waals surface area contributed by atoms with Crippen molar-refractivity contribution in [2.24, 2.45) is 0 Å². The Morgan fingerprint density at radius 2 is 1.40 bits per heavy atom. The molecule has 0 aliphatic carbocycles. The van der Waals surface area contributed by atoms with Gasteiger partial charge in [-0.05, 0) is 60.5 Å². The van der Waals surface area contributed by atoms with Gasteiger partial charge in [-0.3, -0.25) is 13.9 Å². The molecule has 10 nitrogen and oxygen atoms in total. The molecule has 4 rings (SSSR count). The molecular weight excluding hydrogens is 677 g/mol. The van der Waals surface area contributed by atoms with Crippen LogP contribution in [0.3, 0.4) is 0 Å². The third-order valence-corrected chi connectivity index (χ3v) is 9.76. The minimum atomic E-state index is -4.49. The van der Waals surface area contributed by atoms with Gasteiger partial charge in [0.25, 0.3) is 10.0 Å². The van der Waals surface area contributed by atoms with Crippen LogP contribution in [0.15, 0.2) is 95.9 Å². The highest BCUT2D eigenvalue weighted by molar-refractivity contribution is 7.92. The molecule has 0 aliphatic rings. The number of rotatable bonds is 15. The van der Waals surface area contributed by atoms with Crippen LogP contribution in [-0.2, 0) is 32.6 Å². The van der Waals surface area contributed by atoms with Crippen molar-refractivity contribution >= 4 is 50.7 Å². The number of hydrogen-bond donors (Lipinski definition) is 1. The Morgan fingerprint density at radius 1 is 0.771 bits per heavy atom. The van der Waals surface area contributed by atoms with Crippen LogP contribution in [0.25, 0.3) is 0 Å². The molecule has 13 heteroatoms. The van der Waals surface area contributed by atoms with Gasteiger partial charge < -0.3 is 24.4 Å². The molecule has 0 unspecified atom stereocenters. The summed E-state index contributed by atoms with van der Waals surface area (Å²) in [5.41, 5.74) is 1.52. The first-order valence-electron chi connectivity index (χ1n) is 15.0. The molecule has 2 amide bonds. The fraction of sp³-hybridized carbons (Fsp3) is 0.257. The first kappa shape index (κ1) is 36.4. The minimum Gasteiger partial charge on any atom is -0.495 e. The van der Waals surface area contributed by atoms with Crippen molar-refractivity contribution in [3.63, 3.8) is 0 Å². The highest BCUT2D eigenvalue weighted by Gasteiger charge is 2.36. The largest absolute Gasteiger partial charge is 0.495 e. The van der Waals surface area contributed by atoms with E-state index in [1.54, 1.807) is 37.3 Å². The number of amides is 2. The zero-order chi connectivity index (χ0) is 34.8. The van der Waals surface area contributed by atoms with Gasteiger partial charge in [-0.15, -0.1) is 0 Å². The number of carbonyl (C=O) groups excluding carboxylic acids is 2. The maximum absolute atomic E-state index is 14.6. The Labute approximate surface area is 291 Å². The predicted octanol–water partition coefficient (Wildman–Crippen LogP) is 5.99. The van der Waals surface area contributed by atoms with E-state index < -0.39 is 34.4 Å². The monoisotopic (exact) mass is 713 g/mol. The third-order valence-electron chi connectivity index (χ3n) is 7.52. The smallest absolute Gasteiger partial charge is 0.265 e. The van der Waals surface area contributed by atoms with Crippen molar-refractivity contribution in [3.8, 4) is 17.2 Å². The molecule has 254 valence electrons. The number of nitrogens with one attached hydrogen (secondary N) is 1. The van der Waals surface area contributed by atoms with Crippen LogP contribution >= 0.6 is 23.2 Å². The number of benzene rings is 4. The van der Waals surface area contributed by atoms with E-state index in [0.717, 1.165) is 9.87 Å². The fourth-order valence-electron chi connectivity index (χ4n) is 5.11. The SMILES string of the molecule is CCNC(=O)[C@@H](Cc1ccccc1)N(Cc1ccc(Cl)cc1)C(=O)CN(c1cc(Cl)ccc1OC)S(=O)(=O)c1ccc(OC)c(OC)c1.